The summed E-state index contributed by atoms with van der Waals surface area (Å²) in [6.45, 7) is 10.4. The Balaban J connectivity index is 0. The molecule has 5 heteroatoms. The molecule has 0 aromatic heterocycles. The fourth-order valence-electron chi connectivity index (χ4n) is 4.47. The van der Waals surface area contributed by atoms with E-state index in [9.17, 15) is 15.3 Å². The van der Waals surface area contributed by atoms with Crippen molar-refractivity contribution in [2.45, 2.75) is 123 Å². The summed E-state index contributed by atoms with van der Waals surface area (Å²) in [4.78, 5) is 0. The number of quaternary nitrogens is 1. The van der Waals surface area contributed by atoms with Crippen molar-refractivity contribution in [3.8, 4) is 0 Å². The second kappa shape index (κ2) is 19.3. The van der Waals surface area contributed by atoms with Crippen LogP contribution in [0, 0.1) is 0 Å². The van der Waals surface area contributed by atoms with Gasteiger partial charge in [-0.1, -0.05) is 71.1 Å². The number of aliphatic hydroxyl groups excluding tert-OH is 3. The number of unbranched alkanes of at least 4 members (excludes halogenated alkanes) is 11. The lowest BCUT2D eigenvalue weighted by Crippen LogP contribution is -3.00. The molecule has 0 aliphatic rings. The van der Waals surface area contributed by atoms with Gasteiger partial charge in [0.1, 0.15) is 37.9 Å². The van der Waals surface area contributed by atoms with Gasteiger partial charge in [-0.25, -0.2) is 0 Å². The Hall–Kier alpha value is 0.320. The molecule has 0 aliphatic carbocycles. The molecular formula is C23H50BrNO3. The van der Waals surface area contributed by atoms with Gasteiger partial charge in [-0.05, 0) is 33.6 Å². The minimum Gasteiger partial charge on any atom is -1.00 e. The average molecular weight is 469 g/mol. The molecule has 0 aromatic carbocycles. The number of rotatable bonds is 19. The van der Waals surface area contributed by atoms with Crippen molar-refractivity contribution < 1.29 is 36.8 Å². The predicted molar refractivity (Wildman–Crippen MR) is 116 cm³/mol. The molecule has 0 amide bonds. The normalized spacial score (nSPS) is 16.8. The van der Waals surface area contributed by atoms with Gasteiger partial charge in [0, 0.05) is 0 Å². The summed E-state index contributed by atoms with van der Waals surface area (Å²) in [6.07, 6.45) is 14.7. The van der Waals surface area contributed by atoms with Crippen molar-refractivity contribution in [3.05, 3.63) is 0 Å². The highest BCUT2D eigenvalue weighted by Gasteiger charge is 2.31. The van der Waals surface area contributed by atoms with Gasteiger partial charge in [-0.2, -0.15) is 0 Å². The first kappa shape index (κ1) is 30.5. The van der Waals surface area contributed by atoms with E-state index in [2.05, 4.69) is 6.92 Å². The number of halogens is 1. The molecule has 3 N–H and O–H groups in total. The third kappa shape index (κ3) is 18.4. The van der Waals surface area contributed by atoms with Crippen molar-refractivity contribution in [2.24, 2.45) is 0 Å². The van der Waals surface area contributed by atoms with Crippen LogP contribution in [0.5, 0.6) is 0 Å². The molecule has 0 aliphatic heterocycles. The van der Waals surface area contributed by atoms with Crippen LogP contribution in [0.4, 0.5) is 0 Å². The molecule has 0 rings (SSSR count). The Kier molecular flexibility index (Phi) is 21.0. The molecule has 4 nitrogen and oxygen atoms in total. The second-order valence-corrected chi connectivity index (χ2v) is 9.05. The molecule has 0 radical (unpaired) electrons. The summed E-state index contributed by atoms with van der Waals surface area (Å²) in [6, 6.07) is 0. The molecule has 0 heterocycles. The van der Waals surface area contributed by atoms with Crippen molar-refractivity contribution in [2.75, 3.05) is 26.2 Å². The van der Waals surface area contributed by atoms with Crippen LogP contribution in [0.3, 0.4) is 0 Å². The molecule has 0 saturated heterocycles. The lowest BCUT2D eigenvalue weighted by atomic mass is 10.0. The zero-order valence-corrected chi connectivity index (χ0v) is 20.8. The van der Waals surface area contributed by atoms with E-state index in [4.69, 9.17) is 0 Å². The molecule has 3 unspecified atom stereocenters. The highest BCUT2D eigenvalue weighted by Crippen LogP contribution is 2.17. The van der Waals surface area contributed by atoms with E-state index in [0.29, 0.717) is 24.1 Å². The van der Waals surface area contributed by atoms with Gasteiger partial charge in [0.25, 0.3) is 0 Å². The Morgan fingerprint density at radius 2 is 0.821 bits per heavy atom. The van der Waals surface area contributed by atoms with E-state index in [-0.39, 0.29) is 17.0 Å². The Labute approximate surface area is 186 Å². The lowest BCUT2D eigenvalue weighted by molar-refractivity contribution is -0.936. The summed E-state index contributed by atoms with van der Waals surface area (Å²) in [5, 5.41) is 29.8. The van der Waals surface area contributed by atoms with Gasteiger partial charge in [-0.15, -0.1) is 0 Å². The summed E-state index contributed by atoms with van der Waals surface area (Å²) in [7, 11) is 0. The average Bonchev–Trinajstić information content (AvgIpc) is 2.53. The maximum Gasteiger partial charge on any atom is 0.105 e. The molecule has 0 fully saturated rings. The first-order chi connectivity index (χ1) is 12.8. The van der Waals surface area contributed by atoms with Crippen LogP contribution in [-0.4, -0.2) is 64.3 Å². The van der Waals surface area contributed by atoms with Crippen LogP contribution in [0.25, 0.3) is 0 Å². The maximum atomic E-state index is 9.93. The number of aliphatic hydroxyl groups is 3. The van der Waals surface area contributed by atoms with Gasteiger partial charge < -0.3 is 36.8 Å². The smallest absolute Gasteiger partial charge is 0.105 e. The fourth-order valence-corrected chi connectivity index (χ4v) is 4.47. The van der Waals surface area contributed by atoms with Crippen molar-refractivity contribution in [3.63, 3.8) is 0 Å². The zero-order valence-electron chi connectivity index (χ0n) is 19.2. The van der Waals surface area contributed by atoms with Crippen LogP contribution >= 0.6 is 0 Å². The van der Waals surface area contributed by atoms with E-state index >= 15 is 0 Å². The lowest BCUT2D eigenvalue weighted by Gasteiger charge is -2.41. The van der Waals surface area contributed by atoms with Crippen molar-refractivity contribution in [1.29, 1.82) is 0 Å². The SMILES string of the molecule is CCCCCCCCCCCCCC[N+](CC(C)O)(CC(C)O)CC(C)O.[Br-]. The number of nitrogens with zero attached hydrogens (tertiary/aromatic N) is 1. The molecule has 3 atom stereocenters. The van der Waals surface area contributed by atoms with Gasteiger partial charge in [-0.3, -0.25) is 0 Å². The van der Waals surface area contributed by atoms with Crippen LogP contribution in [0.15, 0.2) is 0 Å². The van der Waals surface area contributed by atoms with Crippen molar-refractivity contribution in [1.82, 2.24) is 0 Å². The number of hydrogen-bond acceptors (Lipinski definition) is 3. The molecular weight excluding hydrogens is 418 g/mol. The highest BCUT2D eigenvalue weighted by atomic mass is 79.9. The summed E-state index contributed by atoms with van der Waals surface area (Å²) in [5.74, 6) is 0. The first-order valence-electron chi connectivity index (χ1n) is 11.7. The molecule has 0 aromatic rings. The quantitative estimate of drug-likeness (QED) is 0.200. The van der Waals surface area contributed by atoms with E-state index in [1.165, 1.54) is 70.6 Å². The van der Waals surface area contributed by atoms with E-state index in [1.807, 2.05) is 0 Å². The summed E-state index contributed by atoms with van der Waals surface area (Å²) in [5.41, 5.74) is 0. The Morgan fingerprint density at radius 1 is 0.536 bits per heavy atom. The molecule has 0 spiro atoms. The molecule has 0 saturated carbocycles. The minimum absolute atomic E-state index is 0. The van der Waals surface area contributed by atoms with Gasteiger partial charge >= 0.3 is 0 Å². The molecule has 0 bridgehead atoms. The summed E-state index contributed by atoms with van der Waals surface area (Å²) < 4.78 is 0.616. The van der Waals surface area contributed by atoms with E-state index in [0.717, 1.165) is 13.0 Å². The van der Waals surface area contributed by atoms with Gasteiger partial charge in [0.15, 0.2) is 0 Å². The van der Waals surface area contributed by atoms with E-state index in [1.54, 1.807) is 20.8 Å². The summed E-state index contributed by atoms with van der Waals surface area (Å²) >= 11 is 0. The van der Waals surface area contributed by atoms with Crippen LogP contribution in [-0.2, 0) is 0 Å². The monoisotopic (exact) mass is 467 g/mol. The van der Waals surface area contributed by atoms with Crippen molar-refractivity contribution >= 4 is 0 Å². The largest absolute Gasteiger partial charge is 1.00 e. The topological polar surface area (TPSA) is 60.7 Å². The maximum absolute atomic E-state index is 9.93. The highest BCUT2D eigenvalue weighted by molar-refractivity contribution is 4.58. The van der Waals surface area contributed by atoms with Crippen LogP contribution in [0.2, 0.25) is 0 Å². The van der Waals surface area contributed by atoms with Crippen LogP contribution < -0.4 is 17.0 Å². The minimum atomic E-state index is -0.417. The standard InChI is InChI=1S/C23H50NO3.BrH/c1-5-6-7-8-9-10-11-12-13-14-15-16-17-24(18-21(2)25,19-22(3)26)20-23(4)27;/h21-23,25-27H,5-20H2,1-4H3;1H/q+1;/p-1. The van der Waals surface area contributed by atoms with Gasteiger partial charge in [0.2, 0.25) is 0 Å². The zero-order chi connectivity index (χ0) is 20.5. The third-order valence-electron chi connectivity index (χ3n) is 5.44. The number of hydrogen-bond donors (Lipinski definition) is 3. The van der Waals surface area contributed by atoms with Gasteiger partial charge in [0.05, 0.1) is 6.54 Å². The Bertz CT molecular complexity index is 298. The second-order valence-electron chi connectivity index (χ2n) is 9.05. The molecule has 172 valence electrons. The predicted octanol–water partition coefficient (Wildman–Crippen LogP) is 1.65. The van der Waals surface area contributed by atoms with E-state index < -0.39 is 18.3 Å². The fraction of sp³-hybridized carbons (Fsp3) is 1.00. The first-order valence-corrected chi connectivity index (χ1v) is 11.7. The molecule has 28 heavy (non-hydrogen) atoms. The third-order valence-corrected chi connectivity index (χ3v) is 5.44. The van der Waals surface area contributed by atoms with Crippen LogP contribution in [0.1, 0.15) is 105 Å². The Morgan fingerprint density at radius 3 is 1.11 bits per heavy atom.